The highest BCUT2D eigenvalue weighted by molar-refractivity contribution is 7.92. The monoisotopic (exact) mass is 300 g/mol. The molecule has 0 aromatic heterocycles. The molecular weight excluding hydrogens is 291 g/mol. The van der Waals surface area contributed by atoms with Gasteiger partial charge in [-0.1, -0.05) is 11.6 Å². The van der Waals surface area contributed by atoms with Crippen LogP contribution in [0, 0.1) is 5.82 Å². The minimum Gasteiger partial charge on any atom is -0.399 e. The molecule has 0 aliphatic rings. The molecule has 2 aromatic carbocycles. The van der Waals surface area contributed by atoms with Gasteiger partial charge in [-0.3, -0.25) is 4.72 Å². The van der Waals surface area contributed by atoms with E-state index in [1.807, 2.05) is 0 Å². The Bertz CT molecular complexity index is 682. The lowest BCUT2D eigenvalue weighted by molar-refractivity contribution is 0.601. The third-order valence-electron chi connectivity index (χ3n) is 2.30. The van der Waals surface area contributed by atoms with E-state index < -0.39 is 15.8 Å². The molecule has 0 heterocycles. The van der Waals surface area contributed by atoms with Crippen molar-refractivity contribution >= 4 is 33.0 Å². The van der Waals surface area contributed by atoms with Gasteiger partial charge in [0.2, 0.25) is 0 Å². The van der Waals surface area contributed by atoms with Crippen LogP contribution in [-0.2, 0) is 10.0 Å². The van der Waals surface area contributed by atoms with E-state index >= 15 is 0 Å². The molecule has 0 unspecified atom stereocenters. The number of nitrogens with two attached hydrogens (primary N) is 1. The summed E-state index contributed by atoms with van der Waals surface area (Å²) in [5, 5.41) is 0.425. The summed E-state index contributed by atoms with van der Waals surface area (Å²) >= 11 is 5.68. The Morgan fingerprint density at radius 3 is 2.32 bits per heavy atom. The highest BCUT2D eigenvalue weighted by Crippen LogP contribution is 2.20. The average molecular weight is 301 g/mol. The molecule has 0 atom stereocenters. The van der Waals surface area contributed by atoms with Gasteiger partial charge in [-0.25, -0.2) is 12.8 Å². The summed E-state index contributed by atoms with van der Waals surface area (Å²) in [4.78, 5) is 0.0275. The molecule has 0 saturated heterocycles. The molecule has 0 amide bonds. The smallest absolute Gasteiger partial charge is 0.261 e. The summed E-state index contributed by atoms with van der Waals surface area (Å²) < 4.78 is 39.4. The number of nitrogens with one attached hydrogen (secondary N) is 1. The Kier molecular flexibility index (Phi) is 3.64. The molecule has 3 N–H and O–H groups in total. The minimum atomic E-state index is -3.79. The van der Waals surface area contributed by atoms with Gasteiger partial charge in [-0.15, -0.1) is 0 Å². The fourth-order valence-corrected chi connectivity index (χ4v) is 2.67. The van der Waals surface area contributed by atoms with Crippen LogP contribution < -0.4 is 10.5 Å². The number of hydrogen-bond acceptors (Lipinski definition) is 3. The van der Waals surface area contributed by atoms with Crippen molar-refractivity contribution in [2.45, 2.75) is 4.90 Å². The summed E-state index contributed by atoms with van der Waals surface area (Å²) in [6, 6.07) is 9.09. The SMILES string of the molecule is Nc1cc(F)cc(NS(=O)(=O)c2ccc(Cl)cc2)c1. The predicted octanol–water partition coefficient (Wildman–Crippen LogP) is 2.86. The standard InChI is InChI=1S/C12H10ClFN2O2S/c13-8-1-3-12(4-2-8)19(17,18)16-11-6-9(14)5-10(15)7-11/h1-7,16H,15H2. The van der Waals surface area contributed by atoms with Crippen LogP contribution >= 0.6 is 11.6 Å². The van der Waals surface area contributed by atoms with Gasteiger partial charge < -0.3 is 5.73 Å². The van der Waals surface area contributed by atoms with Gasteiger partial charge in [0, 0.05) is 10.7 Å². The second-order valence-corrected chi connectivity index (χ2v) is 5.95. The lowest BCUT2D eigenvalue weighted by Crippen LogP contribution is -2.13. The lowest BCUT2D eigenvalue weighted by atomic mass is 10.3. The van der Waals surface area contributed by atoms with Gasteiger partial charge in [0.25, 0.3) is 10.0 Å². The predicted molar refractivity (Wildman–Crippen MR) is 73.1 cm³/mol. The second kappa shape index (κ2) is 5.07. The zero-order chi connectivity index (χ0) is 14.0. The van der Waals surface area contributed by atoms with E-state index in [4.69, 9.17) is 17.3 Å². The van der Waals surface area contributed by atoms with Gasteiger partial charge >= 0.3 is 0 Å². The van der Waals surface area contributed by atoms with E-state index in [9.17, 15) is 12.8 Å². The molecule has 0 bridgehead atoms. The Hall–Kier alpha value is -1.79. The number of sulfonamides is 1. The molecule has 0 fully saturated rings. The van der Waals surface area contributed by atoms with Crippen molar-refractivity contribution in [2.75, 3.05) is 10.5 Å². The molecule has 0 radical (unpaired) electrons. The van der Waals surface area contributed by atoms with Crippen LogP contribution in [0.25, 0.3) is 0 Å². The first kappa shape index (κ1) is 13.6. The van der Waals surface area contributed by atoms with E-state index in [1.165, 1.54) is 30.3 Å². The van der Waals surface area contributed by atoms with Gasteiger partial charge in [0.15, 0.2) is 0 Å². The summed E-state index contributed by atoms with van der Waals surface area (Å²) in [5.74, 6) is -0.617. The molecule has 0 saturated carbocycles. The highest BCUT2D eigenvalue weighted by Gasteiger charge is 2.14. The van der Waals surface area contributed by atoms with E-state index in [1.54, 1.807) is 0 Å². The van der Waals surface area contributed by atoms with Crippen LogP contribution in [0.1, 0.15) is 0 Å². The molecular formula is C12H10ClFN2O2S. The van der Waals surface area contributed by atoms with E-state index in [0.29, 0.717) is 5.02 Å². The van der Waals surface area contributed by atoms with Crippen LogP contribution in [0.3, 0.4) is 0 Å². The Balaban J connectivity index is 2.33. The zero-order valence-corrected chi connectivity index (χ0v) is 11.2. The number of hydrogen-bond donors (Lipinski definition) is 2. The fourth-order valence-electron chi connectivity index (χ4n) is 1.50. The molecule has 0 spiro atoms. The number of nitrogen functional groups attached to an aromatic ring is 1. The van der Waals surface area contributed by atoms with E-state index in [0.717, 1.165) is 12.1 Å². The molecule has 2 aromatic rings. The van der Waals surface area contributed by atoms with Crippen LogP contribution in [0.2, 0.25) is 5.02 Å². The largest absolute Gasteiger partial charge is 0.399 e. The summed E-state index contributed by atoms with van der Waals surface area (Å²) in [6.45, 7) is 0. The zero-order valence-electron chi connectivity index (χ0n) is 9.60. The van der Waals surface area contributed by atoms with Gasteiger partial charge in [0.05, 0.1) is 10.6 Å². The third-order valence-corrected chi connectivity index (χ3v) is 3.95. The van der Waals surface area contributed by atoms with Crippen molar-refractivity contribution in [3.63, 3.8) is 0 Å². The van der Waals surface area contributed by atoms with Crippen molar-refractivity contribution < 1.29 is 12.8 Å². The minimum absolute atomic E-state index is 0.0275. The van der Waals surface area contributed by atoms with E-state index in [-0.39, 0.29) is 16.3 Å². The maximum atomic E-state index is 13.1. The first-order chi connectivity index (χ1) is 8.87. The van der Waals surface area contributed by atoms with Crippen LogP contribution in [0.4, 0.5) is 15.8 Å². The molecule has 4 nitrogen and oxygen atoms in total. The van der Waals surface area contributed by atoms with Crippen molar-refractivity contribution in [3.05, 3.63) is 53.3 Å². The number of benzene rings is 2. The third kappa shape index (κ3) is 3.36. The quantitative estimate of drug-likeness (QED) is 0.856. The van der Waals surface area contributed by atoms with Crippen LogP contribution in [0.5, 0.6) is 0 Å². The molecule has 7 heteroatoms. The van der Waals surface area contributed by atoms with Crippen molar-refractivity contribution in [3.8, 4) is 0 Å². The van der Waals surface area contributed by atoms with Gasteiger partial charge in [-0.05, 0) is 42.5 Å². The average Bonchev–Trinajstić information content (AvgIpc) is 2.27. The molecule has 0 aliphatic heterocycles. The number of rotatable bonds is 3. The van der Waals surface area contributed by atoms with Gasteiger partial charge in [0.1, 0.15) is 5.82 Å². The Morgan fingerprint density at radius 2 is 1.74 bits per heavy atom. The molecule has 100 valence electrons. The molecule has 2 rings (SSSR count). The maximum Gasteiger partial charge on any atom is 0.261 e. The Morgan fingerprint density at radius 1 is 1.11 bits per heavy atom. The van der Waals surface area contributed by atoms with Crippen LogP contribution in [-0.4, -0.2) is 8.42 Å². The number of anilines is 2. The normalized spacial score (nSPS) is 11.3. The van der Waals surface area contributed by atoms with Gasteiger partial charge in [-0.2, -0.15) is 0 Å². The molecule has 19 heavy (non-hydrogen) atoms. The summed E-state index contributed by atoms with van der Waals surface area (Å²) in [6.07, 6.45) is 0. The Labute approximate surface area is 115 Å². The van der Waals surface area contributed by atoms with Crippen LogP contribution in [0.15, 0.2) is 47.4 Å². The van der Waals surface area contributed by atoms with E-state index in [2.05, 4.69) is 4.72 Å². The fraction of sp³-hybridized carbons (Fsp3) is 0. The topological polar surface area (TPSA) is 72.2 Å². The first-order valence-electron chi connectivity index (χ1n) is 5.21. The maximum absolute atomic E-state index is 13.1. The van der Waals surface area contributed by atoms with Crippen molar-refractivity contribution in [1.82, 2.24) is 0 Å². The summed E-state index contributed by atoms with van der Waals surface area (Å²) in [7, 11) is -3.79. The lowest BCUT2D eigenvalue weighted by Gasteiger charge is -2.09. The second-order valence-electron chi connectivity index (χ2n) is 3.83. The van der Waals surface area contributed by atoms with Crippen molar-refractivity contribution in [2.24, 2.45) is 0 Å². The summed E-state index contributed by atoms with van der Waals surface area (Å²) in [5.41, 5.74) is 5.64. The highest BCUT2D eigenvalue weighted by atomic mass is 35.5. The number of halogens is 2. The first-order valence-corrected chi connectivity index (χ1v) is 7.07. The molecule has 0 aliphatic carbocycles. The van der Waals surface area contributed by atoms with Crippen molar-refractivity contribution in [1.29, 1.82) is 0 Å².